The number of carbonyl (C=O) groups excluding carboxylic acids is 1. The van der Waals surface area contributed by atoms with E-state index in [1.54, 1.807) is 25.2 Å². The third-order valence-corrected chi connectivity index (χ3v) is 8.56. The molecule has 6 rings (SSSR count). The minimum Gasteiger partial charge on any atom is -0.481 e. The van der Waals surface area contributed by atoms with Crippen molar-refractivity contribution in [2.24, 2.45) is 0 Å². The SMILES string of the molecule is CNC(=O)c1c(-c2ccc(C)cc2)oc2cc(N(C)S(C)(=O)=O)c(-c3cc(OC)nc(-c4cc5ccccc5[nH]4)n3)cc12. The lowest BCUT2D eigenvalue weighted by Gasteiger charge is -2.20. The van der Waals surface area contributed by atoms with Gasteiger partial charge in [-0.25, -0.2) is 13.4 Å². The molecular weight excluding hydrogens is 566 g/mol. The van der Waals surface area contributed by atoms with Crippen LogP contribution in [-0.4, -0.2) is 56.7 Å². The summed E-state index contributed by atoms with van der Waals surface area (Å²) in [7, 11) is 0.811. The summed E-state index contributed by atoms with van der Waals surface area (Å²) in [4.78, 5) is 26.0. The highest BCUT2D eigenvalue weighted by Crippen LogP contribution is 2.41. The fraction of sp³-hybridized carbons (Fsp3) is 0.156. The molecule has 2 N–H and O–H groups in total. The maximum absolute atomic E-state index is 13.3. The summed E-state index contributed by atoms with van der Waals surface area (Å²) in [6.45, 7) is 1.97. The molecule has 3 aromatic carbocycles. The molecule has 0 spiro atoms. The van der Waals surface area contributed by atoms with Gasteiger partial charge in [-0.05, 0) is 25.1 Å². The van der Waals surface area contributed by atoms with Crippen LogP contribution in [0.5, 0.6) is 5.88 Å². The van der Waals surface area contributed by atoms with Gasteiger partial charge in [-0.1, -0.05) is 48.0 Å². The van der Waals surface area contributed by atoms with Crippen LogP contribution in [0.4, 0.5) is 5.69 Å². The molecule has 1 amide bonds. The Balaban J connectivity index is 1.64. The number of aromatic nitrogens is 3. The number of amides is 1. The maximum Gasteiger partial charge on any atom is 0.255 e. The third-order valence-electron chi connectivity index (χ3n) is 7.37. The van der Waals surface area contributed by atoms with E-state index in [9.17, 15) is 13.2 Å². The molecule has 0 aliphatic heterocycles. The van der Waals surface area contributed by atoms with Crippen molar-refractivity contribution in [2.75, 3.05) is 31.8 Å². The van der Waals surface area contributed by atoms with Gasteiger partial charge in [0.2, 0.25) is 15.9 Å². The van der Waals surface area contributed by atoms with Crippen molar-refractivity contribution in [3.8, 4) is 40.0 Å². The Hall–Kier alpha value is -5.16. The van der Waals surface area contributed by atoms with Gasteiger partial charge in [0.1, 0.15) is 11.3 Å². The molecule has 3 aromatic heterocycles. The predicted octanol–water partition coefficient (Wildman–Crippen LogP) is 5.78. The molecule has 0 unspecified atom stereocenters. The van der Waals surface area contributed by atoms with Gasteiger partial charge in [0.25, 0.3) is 5.91 Å². The number of furan rings is 1. The quantitative estimate of drug-likeness (QED) is 0.239. The number of carbonyl (C=O) groups is 1. The average Bonchev–Trinajstić information content (AvgIpc) is 3.61. The Bertz CT molecular complexity index is 2100. The monoisotopic (exact) mass is 595 g/mol. The molecule has 0 atom stereocenters. The zero-order valence-electron chi connectivity index (χ0n) is 24.2. The van der Waals surface area contributed by atoms with Crippen LogP contribution in [0, 0.1) is 6.92 Å². The molecule has 6 aromatic rings. The van der Waals surface area contributed by atoms with Crippen molar-refractivity contribution in [3.05, 3.63) is 83.9 Å². The number of methoxy groups -OCH3 is 1. The standard InChI is InChI=1S/C32H29N5O5S/c1-18-10-12-19(13-11-18)30-29(32(38)33-2)22-15-21(26(17-27(22)42-30)37(3)43(5,39)40)24-16-28(41-4)36-31(35-24)25-14-20-8-6-7-9-23(20)34-25/h6-17,34H,1-5H3,(H,33,38). The molecule has 0 saturated heterocycles. The van der Waals surface area contributed by atoms with Crippen LogP contribution in [0.25, 0.3) is 56.0 Å². The zero-order valence-corrected chi connectivity index (χ0v) is 25.0. The van der Waals surface area contributed by atoms with Gasteiger partial charge >= 0.3 is 0 Å². The number of aromatic amines is 1. The highest BCUT2D eigenvalue weighted by molar-refractivity contribution is 7.92. The lowest BCUT2D eigenvalue weighted by atomic mass is 10.0. The van der Waals surface area contributed by atoms with Gasteiger partial charge in [0.05, 0.1) is 36.0 Å². The van der Waals surface area contributed by atoms with Crippen molar-refractivity contribution in [3.63, 3.8) is 0 Å². The van der Waals surface area contributed by atoms with Crippen molar-refractivity contribution in [2.45, 2.75) is 6.92 Å². The number of hydrogen-bond donors (Lipinski definition) is 2. The Morgan fingerprint density at radius 1 is 1.02 bits per heavy atom. The second-order valence-electron chi connectivity index (χ2n) is 10.2. The van der Waals surface area contributed by atoms with Gasteiger partial charge < -0.3 is 19.5 Å². The minimum absolute atomic E-state index is 0.283. The summed E-state index contributed by atoms with van der Waals surface area (Å²) in [5, 5.41) is 4.20. The molecule has 0 radical (unpaired) electrons. The van der Waals surface area contributed by atoms with E-state index >= 15 is 0 Å². The number of sulfonamides is 1. The molecule has 218 valence electrons. The first kappa shape index (κ1) is 28.0. The van der Waals surface area contributed by atoms with Gasteiger partial charge in [0.15, 0.2) is 5.82 Å². The molecule has 10 nitrogen and oxygen atoms in total. The molecule has 3 heterocycles. The number of nitrogens with zero attached hydrogens (tertiary/aromatic N) is 3. The first-order chi connectivity index (χ1) is 20.6. The number of nitrogens with one attached hydrogen (secondary N) is 2. The fourth-order valence-electron chi connectivity index (χ4n) is 5.02. The van der Waals surface area contributed by atoms with E-state index in [2.05, 4.69) is 15.3 Å². The summed E-state index contributed by atoms with van der Waals surface area (Å²) in [5.74, 6) is 0.672. The molecule has 0 aliphatic rings. The molecule has 0 aliphatic carbocycles. The van der Waals surface area contributed by atoms with E-state index in [4.69, 9.17) is 14.1 Å². The number of fused-ring (bicyclic) bond motifs is 2. The van der Waals surface area contributed by atoms with Crippen LogP contribution in [-0.2, 0) is 10.0 Å². The second-order valence-corrected chi connectivity index (χ2v) is 12.3. The van der Waals surface area contributed by atoms with Gasteiger partial charge in [-0.3, -0.25) is 9.10 Å². The number of aryl methyl sites for hydroxylation is 1. The normalized spacial score (nSPS) is 11.7. The topological polar surface area (TPSA) is 130 Å². The Kier molecular flexibility index (Phi) is 6.89. The van der Waals surface area contributed by atoms with E-state index in [1.165, 1.54) is 14.2 Å². The molecular formula is C32H29N5O5S. The number of H-pyrrole nitrogens is 1. The first-order valence-corrected chi connectivity index (χ1v) is 15.3. The zero-order chi connectivity index (χ0) is 30.5. The van der Waals surface area contributed by atoms with E-state index in [0.29, 0.717) is 56.3 Å². The number of hydrogen-bond acceptors (Lipinski definition) is 7. The highest BCUT2D eigenvalue weighted by Gasteiger charge is 2.27. The molecule has 43 heavy (non-hydrogen) atoms. The van der Waals surface area contributed by atoms with Crippen molar-refractivity contribution in [1.82, 2.24) is 20.3 Å². The van der Waals surface area contributed by atoms with Crippen LogP contribution in [0.15, 0.2) is 77.2 Å². The summed E-state index contributed by atoms with van der Waals surface area (Å²) < 4.78 is 38.6. The molecule has 0 bridgehead atoms. The van der Waals surface area contributed by atoms with Crippen LogP contribution in [0.2, 0.25) is 0 Å². The number of rotatable bonds is 7. The van der Waals surface area contributed by atoms with Crippen molar-refractivity contribution >= 4 is 43.5 Å². The second kappa shape index (κ2) is 10.6. The predicted molar refractivity (Wildman–Crippen MR) is 168 cm³/mol. The van der Waals surface area contributed by atoms with Crippen LogP contribution in [0.3, 0.4) is 0 Å². The van der Waals surface area contributed by atoms with E-state index < -0.39 is 10.0 Å². The number of para-hydroxylation sites is 1. The summed E-state index contributed by atoms with van der Waals surface area (Å²) in [6, 6.07) is 22.4. The van der Waals surface area contributed by atoms with E-state index in [-0.39, 0.29) is 11.8 Å². The Morgan fingerprint density at radius 3 is 2.44 bits per heavy atom. The van der Waals surface area contributed by atoms with Gasteiger partial charge in [-0.2, -0.15) is 4.98 Å². The minimum atomic E-state index is -3.70. The highest BCUT2D eigenvalue weighted by atomic mass is 32.2. The lowest BCUT2D eigenvalue weighted by molar-refractivity contribution is 0.0964. The van der Waals surface area contributed by atoms with E-state index in [0.717, 1.165) is 27.0 Å². The fourth-order valence-corrected chi connectivity index (χ4v) is 5.53. The average molecular weight is 596 g/mol. The number of benzene rings is 3. The maximum atomic E-state index is 13.3. The van der Waals surface area contributed by atoms with E-state index in [1.807, 2.05) is 61.5 Å². The van der Waals surface area contributed by atoms with Gasteiger partial charge in [0, 0.05) is 53.6 Å². The molecule has 0 fully saturated rings. The summed E-state index contributed by atoms with van der Waals surface area (Å²) in [6.07, 6.45) is 1.12. The summed E-state index contributed by atoms with van der Waals surface area (Å²) in [5.41, 5.74) is 5.18. The largest absolute Gasteiger partial charge is 0.481 e. The Labute approximate surface area is 248 Å². The first-order valence-electron chi connectivity index (χ1n) is 13.4. The van der Waals surface area contributed by atoms with Crippen LogP contribution < -0.4 is 14.4 Å². The van der Waals surface area contributed by atoms with Gasteiger partial charge in [-0.15, -0.1) is 0 Å². The van der Waals surface area contributed by atoms with Crippen LogP contribution in [0.1, 0.15) is 15.9 Å². The van der Waals surface area contributed by atoms with Crippen molar-refractivity contribution in [1.29, 1.82) is 0 Å². The Morgan fingerprint density at radius 2 is 1.77 bits per heavy atom. The van der Waals surface area contributed by atoms with Crippen LogP contribution >= 0.6 is 0 Å². The molecule has 11 heteroatoms. The number of ether oxygens (including phenoxy) is 1. The van der Waals surface area contributed by atoms with Crippen molar-refractivity contribution < 1.29 is 22.4 Å². The number of anilines is 1. The molecule has 0 saturated carbocycles. The lowest BCUT2D eigenvalue weighted by Crippen LogP contribution is -2.25. The smallest absolute Gasteiger partial charge is 0.255 e. The third kappa shape index (κ3) is 5.08. The summed E-state index contributed by atoms with van der Waals surface area (Å²) >= 11 is 0.